The highest BCUT2D eigenvalue weighted by Crippen LogP contribution is 2.35. The highest BCUT2D eigenvalue weighted by Gasteiger charge is 2.32. The Morgan fingerprint density at radius 1 is 1.14 bits per heavy atom. The topological polar surface area (TPSA) is 41.9 Å². The van der Waals surface area contributed by atoms with Gasteiger partial charge in [-0.15, -0.1) is 0 Å². The van der Waals surface area contributed by atoms with Crippen LogP contribution in [0, 0.1) is 0 Å². The molecule has 4 nitrogen and oxygen atoms in total. The number of hydrogen-bond acceptors (Lipinski definition) is 4. The molecule has 1 aliphatic heterocycles. The maximum absolute atomic E-state index is 12.6. The van der Waals surface area contributed by atoms with Gasteiger partial charge in [-0.2, -0.15) is 13.2 Å². The van der Waals surface area contributed by atoms with Crippen LogP contribution in [0.1, 0.15) is 30.1 Å². The highest BCUT2D eigenvalue weighted by atomic mass is 19.4. The van der Waals surface area contributed by atoms with Crippen molar-refractivity contribution in [1.82, 2.24) is 15.0 Å². The second kappa shape index (κ2) is 5.31. The molecule has 0 amide bonds. The van der Waals surface area contributed by atoms with Gasteiger partial charge in [-0.1, -0.05) is 0 Å². The van der Waals surface area contributed by atoms with Gasteiger partial charge in [0.25, 0.3) is 0 Å². The Morgan fingerprint density at radius 2 is 2.00 bits per heavy atom. The molecule has 110 valence electrons. The Morgan fingerprint density at radius 3 is 2.62 bits per heavy atom. The van der Waals surface area contributed by atoms with Crippen molar-refractivity contribution in [3.8, 4) is 0 Å². The van der Waals surface area contributed by atoms with Gasteiger partial charge in [0.1, 0.15) is 12.1 Å². The largest absolute Gasteiger partial charge is 0.417 e. The molecule has 3 rings (SSSR count). The average Bonchev–Trinajstić information content (AvgIpc) is 2.97. The quantitative estimate of drug-likeness (QED) is 0.852. The van der Waals surface area contributed by atoms with Crippen molar-refractivity contribution in [2.45, 2.75) is 25.1 Å². The molecule has 7 heteroatoms. The van der Waals surface area contributed by atoms with Crippen LogP contribution in [0.25, 0.3) is 0 Å². The molecule has 1 atom stereocenters. The van der Waals surface area contributed by atoms with Crippen LogP contribution in [0.5, 0.6) is 0 Å². The molecule has 0 spiro atoms. The fourth-order valence-corrected chi connectivity index (χ4v) is 2.57. The summed E-state index contributed by atoms with van der Waals surface area (Å²) in [4.78, 5) is 14.1. The van der Waals surface area contributed by atoms with E-state index in [1.54, 1.807) is 6.20 Å². The maximum Gasteiger partial charge on any atom is 0.417 e. The first-order chi connectivity index (χ1) is 10.1. The summed E-state index contributed by atoms with van der Waals surface area (Å²) in [5, 5.41) is 0. The lowest BCUT2D eigenvalue weighted by atomic mass is 10.1. The molecule has 1 aliphatic rings. The Labute approximate surface area is 119 Å². The van der Waals surface area contributed by atoms with E-state index in [4.69, 9.17) is 0 Å². The summed E-state index contributed by atoms with van der Waals surface area (Å²) in [7, 11) is 0. The molecule has 1 saturated heterocycles. The molecule has 0 radical (unpaired) electrons. The van der Waals surface area contributed by atoms with Crippen LogP contribution in [0.4, 0.5) is 19.0 Å². The van der Waals surface area contributed by atoms with E-state index in [9.17, 15) is 13.2 Å². The Kier molecular flexibility index (Phi) is 3.48. The predicted molar refractivity (Wildman–Crippen MR) is 70.6 cm³/mol. The van der Waals surface area contributed by atoms with E-state index in [-0.39, 0.29) is 6.04 Å². The van der Waals surface area contributed by atoms with E-state index < -0.39 is 11.7 Å². The van der Waals surface area contributed by atoms with Gasteiger partial charge in [-0.3, -0.25) is 0 Å². The van der Waals surface area contributed by atoms with Crippen LogP contribution in [0.15, 0.2) is 36.9 Å². The van der Waals surface area contributed by atoms with E-state index >= 15 is 0 Å². The molecule has 0 aliphatic carbocycles. The zero-order valence-corrected chi connectivity index (χ0v) is 11.1. The van der Waals surface area contributed by atoms with Crippen molar-refractivity contribution in [2.24, 2.45) is 0 Å². The van der Waals surface area contributed by atoms with E-state index in [2.05, 4.69) is 15.0 Å². The van der Waals surface area contributed by atoms with Crippen LogP contribution in [0.2, 0.25) is 0 Å². The summed E-state index contributed by atoms with van der Waals surface area (Å²) in [5.41, 5.74) is 0.133. The molecule has 21 heavy (non-hydrogen) atoms. The molecular weight excluding hydrogens is 281 g/mol. The minimum atomic E-state index is -4.36. The fourth-order valence-electron chi connectivity index (χ4n) is 2.57. The number of hydrogen-bond donors (Lipinski definition) is 0. The average molecular weight is 294 g/mol. The molecule has 0 bridgehead atoms. The van der Waals surface area contributed by atoms with Gasteiger partial charge < -0.3 is 4.90 Å². The smallest absolute Gasteiger partial charge is 0.348 e. The third-order valence-electron chi connectivity index (χ3n) is 3.57. The summed E-state index contributed by atoms with van der Waals surface area (Å²) in [6.45, 7) is 0.757. The van der Waals surface area contributed by atoms with Crippen LogP contribution in [-0.4, -0.2) is 21.5 Å². The van der Waals surface area contributed by atoms with E-state index in [1.165, 1.54) is 12.4 Å². The molecule has 1 fully saturated rings. The molecule has 0 saturated carbocycles. The molecule has 0 N–H and O–H groups in total. The third-order valence-corrected chi connectivity index (χ3v) is 3.57. The van der Waals surface area contributed by atoms with Crippen molar-refractivity contribution < 1.29 is 13.2 Å². The number of halogens is 3. The maximum atomic E-state index is 12.6. The van der Waals surface area contributed by atoms with Crippen molar-refractivity contribution in [1.29, 1.82) is 0 Å². The van der Waals surface area contributed by atoms with E-state index in [0.29, 0.717) is 5.82 Å². The zero-order chi connectivity index (χ0) is 14.9. The molecule has 0 aromatic carbocycles. The number of pyridine rings is 1. The van der Waals surface area contributed by atoms with Gasteiger partial charge in [0.05, 0.1) is 17.3 Å². The van der Waals surface area contributed by atoms with E-state index in [0.717, 1.165) is 37.3 Å². The SMILES string of the molecule is FC(F)(F)c1ccc(N2CCCC2c2ccncn2)nc1. The van der Waals surface area contributed by atoms with Crippen LogP contribution in [0.3, 0.4) is 0 Å². The Bertz CT molecular complexity index is 598. The first-order valence-electron chi connectivity index (χ1n) is 6.61. The Hall–Kier alpha value is -2.18. The summed E-state index contributed by atoms with van der Waals surface area (Å²) < 4.78 is 37.7. The van der Waals surface area contributed by atoms with Crippen LogP contribution >= 0.6 is 0 Å². The van der Waals surface area contributed by atoms with Crippen molar-refractivity contribution >= 4 is 5.82 Å². The lowest BCUT2D eigenvalue weighted by Crippen LogP contribution is -2.24. The first-order valence-corrected chi connectivity index (χ1v) is 6.61. The van der Waals surface area contributed by atoms with Crippen molar-refractivity contribution in [3.05, 3.63) is 48.2 Å². The second-order valence-corrected chi connectivity index (χ2v) is 4.89. The third kappa shape index (κ3) is 2.81. The van der Waals surface area contributed by atoms with E-state index in [1.807, 2.05) is 11.0 Å². The predicted octanol–water partition coefficient (Wildman–Crippen LogP) is 3.23. The van der Waals surface area contributed by atoms with Gasteiger partial charge in [-0.25, -0.2) is 15.0 Å². The summed E-state index contributed by atoms with van der Waals surface area (Å²) in [6.07, 6.45) is 1.52. The zero-order valence-electron chi connectivity index (χ0n) is 11.1. The lowest BCUT2D eigenvalue weighted by Gasteiger charge is -2.25. The highest BCUT2D eigenvalue weighted by molar-refractivity contribution is 5.43. The normalized spacial score (nSPS) is 19.0. The minimum absolute atomic E-state index is 0.0391. The molecular formula is C14H13F3N4. The van der Waals surface area contributed by atoms with Gasteiger partial charge >= 0.3 is 6.18 Å². The molecule has 3 heterocycles. The van der Waals surface area contributed by atoms with Gasteiger partial charge in [0, 0.05) is 18.9 Å². The summed E-state index contributed by atoms with van der Waals surface area (Å²) in [5.74, 6) is 0.545. The lowest BCUT2D eigenvalue weighted by molar-refractivity contribution is -0.137. The minimum Gasteiger partial charge on any atom is -0.348 e. The monoisotopic (exact) mass is 294 g/mol. The fraction of sp³-hybridized carbons (Fsp3) is 0.357. The number of anilines is 1. The molecule has 2 aromatic heterocycles. The number of alkyl halides is 3. The van der Waals surface area contributed by atoms with Crippen LogP contribution in [-0.2, 0) is 6.18 Å². The second-order valence-electron chi connectivity index (χ2n) is 4.89. The van der Waals surface area contributed by atoms with Gasteiger partial charge in [0.15, 0.2) is 0 Å². The molecule has 2 aromatic rings. The Balaban J connectivity index is 1.86. The standard InChI is InChI=1S/C14H13F3N4/c15-14(16,17)10-3-4-13(19-8-10)21-7-1-2-12(21)11-5-6-18-9-20-11/h3-6,8-9,12H,1-2,7H2. The van der Waals surface area contributed by atoms with Crippen LogP contribution < -0.4 is 4.90 Å². The van der Waals surface area contributed by atoms with Crippen molar-refractivity contribution in [3.63, 3.8) is 0 Å². The number of nitrogens with zero attached hydrogens (tertiary/aromatic N) is 4. The van der Waals surface area contributed by atoms with Gasteiger partial charge in [-0.05, 0) is 31.0 Å². The summed E-state index contributed by atoms with van der Waals surface area (Å²) in [6, 6.07) is 4.35. The number of aromatic nitrogens is 3. The number of rotatable bonds is 2. The molecule has 1 unspecified atom stereocenters. The van der Waals surface area contributed by atoms with Crippen molar-refractivity contribution in [2.75, 3.05) is 11.4 Å². The first kappa shape index (κ1) is 13.8. The van der Waals surface area contributed by atoms with Gasteiger partial charge in [0.2, 0.25) is 0 Å². The summed E-state index contributed by atoms with van der Waals surface area (Å²) >= 11 is 0.